The Balaban J connectivity index is 1.51. The van der Waals surface area contributed by atoms with Crippen LogP contribution in [0.2, 0.25) is 0 Å². The Bertz CT molecular complexity index is 595. The number of carboxylic acids is 1. The molecule has 3 rings (SSSR count). The van der Waals surface area contributed by atoms with Crippen LogP contribution in [0.25, 0.3) is 0 Å². The predicted octanol–water partition coefficient (Wildman–Crippen LogP) is 1.55. The maximum absolute atomic E-state index is 12.5. The molecule has 0 radical (unpaired) electrons. The highest BCUT2D eigenvalue weighted by atomic mass is 16.4. The van der Waals surface area contributed by atoms with Crippen molar-refractivity contribution in [2.75, 3.05) is 32.7 Å². The number of piperidine rings is 1. The van der Waals surface area contributed by atoms with Crippen LogP contribution in [0.5, 0.6) is 0 Å². The van der Waals surface area contributed by atoms with Crippen molar-refractivity contribution in [3.05, 3.63) is 18.0 Å². The molecule has 25 heavy (non-hydrogen) atoms. The van der Waals surface area contributed by atoms with E-state index in [9.17, 15) is 9.59 Å². The molecule has 1 aromatic rings. The molecule has 2 aliphatic heterocycles. The summed E-state index contributed by atoms with van der Waals surface area (Å²) in [4.78, 5) is 27.9. The molecule has 7 heteroatoms. The maximum Gasteiger partial charge on any atom is 0.325 e. The van der Waals surface area contributed by atoms with Gasteiger partial charge >= 0.3 is 5.97 Å². The third kappa shape index (κ3) is 4.81. The highest BCUT2D eigenvalue weighted by Gasteiger charge is 2.27. The number of hydrogen-bond acceptors (Lipinski definition) is 4. The van der Waals surface area contributed by atoms with Gasteiger partial charge in [0.1, 0.15) is 6.54 Å². The lowest BCUT2D eigenvalue weighted by molar-refractivity contribution is -0.138. The first-order valence-electron chi connectivity index (χ1n) is 9.37. The van der Waals surface area contributed by atoms with Crippen LogP contribution in [0.15, 0.2) is 12.3 Å². The summed E-state index contributed by atoms with van der Waals surface area (Å²) in [5.41, 5.74) is 0.928. The van der Waals surface area contributed by atoms with E-state index < -0.39 is 5.97 Å². The standard InChI is InChI=1S/C18H28N4O3/c23-17(6-4-11-20-9-1-2-10-20)21-12-3-5-15(13-21)16-7-8-19-22(16)14-18(24)25/h7-8,15H,1-6,9-14H2,(H,24,25)/t15-/m1/s1. The van der Waals surface area contributed by atoms with Crippen molar-refractivity contribution in [3.63, 3.8) is 0 Å². The average Bonchev–Trinajstić information content (AvgIpc) is 3.26. The van der Waals surface area contributed by atoms with Crippen molar-refractivity contribution >= 4 is 11.9 Å². The Kier molecular flexibility index (Phi) is 6.07. The molecule has 0 aromatic carbocycles. The molecule has 0 aliphatic carbocycles. The summed E-state index contributed by atoms with van der Waals surface area (Å²) >= 11 is 0. The van der Waals surface area contributed by atoms with Gasteiger partial charge in [-0.25, -0.2) is 0 Å². The zero-order chi connectivity index (χ0) is 17.6. The smallest absolute Gasteiger partial charge is 0.325 e. The van der Waals surface area contributed by atoms with Gasteiger partial charge in [0.15, 0.2) is 0 Å². The van der Waals surface area contributed by atoms with Gasteiger partial charge in [-0.3, -0.25) is 14.3 Å². The molecule has 2 aliphatic rings. The number of hydrogen-bond donors (Lipinski definition) is 1. The third-order valence-corrected chi connectivity index (χ3v) is 5.29. The van der Waals surface area contributed by atoms with Crippen molar-refractivity contribution in [1.29, 1.82) is 0 Å². The van der Waals surface area contributed by atoms with Crippen molar-refractivity contribution in [2.45, 2.75) is 51.0 Å². The van der Waals surface area contributed by atoms with Crippen LogP contribution < -0.4 is 0 Å². The Morgan fingerprint density at radius 2 is 2.00 bits per heavy atom. The molecular formula is C18H28N4O3. The van der Waals surface area contributed by atoms with Gasteiger partial charge in [-0.05, 0) is 57.8 Å². The van der Waals surface area contributed by atoms with Crippen LogP contribution in [0.1, 0.15) is 50.1 Å². The Labute approximate surface area is 148 Å². The van der Waals surface area contributed by atoms with E-state index in [1.807, 2.05) is 11.0 Å². The Morgan fingerprint density at radius 1 is 1.20 bits per heavy atom. The number of likely N-dealkylation sites (tertiary alicyclic amines) is 2. The Hall–Kier alpha value is -1.89. The highest BCUT2D eigenvalue weighted by molar-refractivity contribution is 5.76. The molecule has 3 heterocycles. The fourth-order valence-electron chi connectivity index (χ4n) is 4.01. The van der Waals surface area contributed by atoms with E-state index in [0.717, 1.165) is 38.0 Å². The lowest BCUT2D eigenvalue weighted by Gasteiger charge is -2.33. The molecule has 7 nitrogen and oxygen atoms in total. The molecule has 1 amide bonds. The van der Waals surface area contributed by atoms with Crippen LogP contribution in [-0.2, 0) is 16.1 Å². The number of carbonyl (C=O) groups is 2. The minimum absolute atomic E-state index is 0.122. The zero-order valence-electron chi connectivity index (χ0n) is 14.8. The monoisotopic (exact) mass is 348 g/mol. The van der Waals surface area contributed by atoms with Crippen LogP contribution in [0.3, 0.4) is 0 Å². The molecule has 0 unspecified atom stereocenters. The van der Waals surface area contributed by atoms with E-state index in [2.05, 4.69) is 10.00 Å². The van der Waals surface area contributed by atoms with E-state index in [0.29, 0.717) is 13.0 Å². The summed E-state index contributed by atoms with van der Waals surface area (Å²) in [5, 5.41) is 13.1. The number of carboxylic acid groups (broad SMARTS) is 1. The number of aliphatic carboxylic acids is 1. The van der Waals surface area contributed by atoms with Crippen LogP contribution in [0.4, 0.5) is 0 Å². The van der Waals surface area contributed by atoms with Gasteiger partial charge in [0.05, 0.1) is 0 Å². The van der Waals surface area contributed by atoms with Crippen LogP contribution in [-0.4, -0.2) is 69.3 Å². The molecule has 1 N–H and O–H groups in total. The van der Waals surface area contributed by atoms with Gasteiger partial charge in [-0.2, -0.15) is 5.10 Å². The summed E-state index contributed by atoms with van der Waals surface area (Å²) in [6.45, 7) is 4.73. The number of carbonyl (C=O) groups excluding carboxylic acids is 1. The molecule has 138 valence electrons. The number of aromatic nitrogens is 2. The average molecular weight is 348 g/mol. The van der Waals surface area contributed by atoms with Crippen molar-refractivity contribution < 1.29 is 14.7 Å². The summed E-state index contributed by atoms with van der Waals surface area (Å²) < 4.78 is 1.55. The quantitative estimate of drug-likeness (QED) is 0.809. The SMILES string of the molecule is O=C(O)Cn1nccc1[C@@H]1CCCN(C(=O)CCCN2CCCC2)C1. The lowest BCUT2D eigenvalue weighted by atomic mass is 9.94. The zero-order valence-corrected chi connectivity index (χ0v) is 14.8. The van der Waals surface area contributed by atoms with E-state index in [4.69, 9.17) is 5.11 Å². The normalized spacial score (nSPS) is 21.6. The molecule has 1 atom stereocenters. The Morgan fingerprint density at radius 3 is 2.76 bits per heavy atom. The molecule has 0 saturated carbocycles. The largest absolute Gasteiger partial charge is 0.480 e. The first kappa shape index (κ1) is 17.9. The minimum Gasteiger partial charge on any atom is -0.480 e. The van der Waals surface area contributed by atoms with E-state index in [-0.39, 0.29) is 18.4 Å². The summed E-state index contributed by atoms with van der Waals surface area (Å²) in [5.74, 6) is -0.484. The second kappa shape index (κ2) is 8.47. The van der Waals surface area contributed by atoms with Gasteiger partial charge in [-0.15, -0.1) is 0 Å². The van der Waals surface area contributed by atoms with Gasteiger partial charge in [-0.1, -0.05) is 0 Å². The molecule has 0 spiro atoms. The van der Waals surface area contributed by atoms with E-state index >= 15 is 0 Å². The van der Waals surface area contributed by atoms with E-state index in [1.165, 1.54) is 25.9 Å². The van der Waals surface area contributed by atoms with Crippen molar-refractivity contribution in [2.24, 2.45) is 0 Å². The first-order chi connectivity index (χ1) is 12.1. The second-order valence-electron chi connectivity index (χ2n) is 7.14. The summed E-state index contributed by atoms with van der Waals surface area (Å²) in [6, 6.07) is 1.88. The molecule has 0 bridgehead atoms. The van der Waals surface area contributed by atoms with E-state index in [1.54, 1.807) is 10.9 Å². The minimum atomic E-state index is -0.893. The molecule has 2 fully saturated rings. The van der Waals surface area contributed by atoms with Crippen LogP contribution >= 0.6 is 0 Å². The fourth-order valence-corrected chi connectivity index (χ4v) is 4.01. The van der Waals surface area contributed by atoms with Crippen LogP contribution in [0, 0.1) is 0 Å². The summed E-state index contributed by atoms with van der Waals surface area (Å²) in [6.07, 6.45) is 7.69. The van der Waals surface area contributed by atoms with Crippen molar-refractivity contribution in [3.8, 4) is 0 Å². The second-order valence-corrected chi connectivity index (χ2v) is 7.14. The topological polar surface area (TPSA) is 78.7 Å². The number of nitrogens with zero attached hydrogens (tertiary/aromatic N) is 4. The predicted molar refractivity (Wildman–Crippen MR) is 93.3 cm³/mol. The maximum atomic E-state index is 12.5. The van der Waals surface area contributed by atoms with Gasteiger partial charge in [0.2, 0.25) is 5.91 Å². The van der Waals surface area contributed by atoms with Gasteiger partial charge in [0.25, 0.3) is 0 Å². The molecule has 2 saturated heterocycles. The first-order valence-corrected chi connectivity index (χ1v) is 9.37. The lowest BCUT2D eigenvalue weighted by Crippen LogP contribution is -2.40. The third-order valence-electron chi connectivity index (χ3n) is 5.29. The summed E-state index contributed by atoms with van der Waals surface area (Å²) in [7, 11) is 0. The van der Waals surface area contributed by atoms with Gasteiger partial charge in [0, 0.05) is 37.3 Å². The fraction of sp³-hybridized carbons (Fsp3) is 0.722. The van der Waals surface area contributed by atoms with Gasteiger partial charge < -0.3 is 14.9 Å². The molecular weight excluding hydrogens is 320 g/mol. The highest BCUT2D eigenvalue weighted by Crippen LogP contribution is 2.27. The number of rotatable bonds is 7. The number of amides is 1. The van der Waals surface area contributed by atoms with Crippen molar-refractivity contribution in [1.82, 2.24) is 19.6 Å². The molecule has 1 aromatic heterocycles.